The van der Waals surface area contributed by atoms with Gasteiger partial charge in [0.25, 0.3) is 5.91 Å². The van der Waals surface area contributed by atoms with E-state index in [0.717, 1.165) is 16.3 Å². The molecular formula is C17H18N2O3. The second-order valence-electron chi connectivity index (χ2n) is 4.73. The number of nitrogens with zero attached hydrogens (tertiary/aromatic N) is 1. The van der Waals surface area contributed by atoms with Crippen LogP contribution in [0, 0.1) is 0 Å². The van der Waals surface area contributed by atoms with Gasteiger partial charge in [-0.2, -0.15) is 0 Å². The van der Waals surface area contributed by atoms with E-state index in [2.05, 4.69) is 5.32 Å². The highest BCUT2D eigenvalue weighted by atomic mass is 16.7. The van der Waals surface area contributed by atoms with Crippen molar-refractivity contribution in [1.29, 1.82) is 0 Å². The van der Waals surface area contributed by atoms with Gasteiger partial charge in [-0.25, -0.2) is 5.06 Å². The smallest absolute Gasteiger partial charge is 0.277 e. The molecule has 0 aliphatic heterocycles. The minimum absolute atomic E-state index is 0.273. The normalized spacial score (nSPS) is 10.1. The first kappa shape index (κ1) is 15.7. The highest BCUT2D eigenvalue weighted by Gasteiger charge is 2.15. The van der Waals surface area contributed by atoms with Crippen LogP contribution < -0.4 is 5.32 Å². The second kappa shape index (κ2) is 7.38. The van der Waals surface area contributed by atoms with Crippen LogP contribution in [0.3, 0.4) is 0 Å². The van der Waals surface area contributed by atoms with Gasteiger partial charge in [0.2, 0.25) is 0 Å². The van der Waals surface area contributed by atoms with Crippen molar-refractivity contribution < 1.29 is 14.4 Å². The Balaban J connectivity index is 2.00. The average molecular weight is 298 g/mol. The molecule has 0 aliphatic carbocycles. The van der Waals surface area contributed by atoms with Crippen LogP contribution in [-0.4, -0.2) is 31.4 Å². The summed E-state index contributed by atoms with van der Waals surface area (Å²) in [4.78, 5) is 28.7. The van der Waals surface area contributed by atoms with Crippen LogP contribution in [0.4, 0.5) is 5.69 Å². The topological polar surface area (TPSA) is 58.6 Å². The summed E-state index contributed by atoms with van der Waals surface area (Å²) in [5.74, 6) is -0.352. The Labute approximate surface area is 129 Å². The highest BCUT2D eigenvalue weighted by molar-refractivity contribution is 6.00. The molecule has 5 heteroatoms. The fourth-order valence-corrected chi connectivity index (χ4v) is 1.96. The Morgan fingerprint density at radius 3 is 2.50 bits per heavy atom. The highest BCUT2D eigenvalue weighted by Crippen LogP contribution is 2.12. The van der Waals surface area contributed by atoms with E-state index in [-0.39, 0.29) is 12.5 Å². The number of hydroxylamine groups is 2. The van der Waals surface area contributed by atoms with Crippen LogP contribution in [0.1, 0.15) is 26.3 Å². The quantitative estimate of drug-likeness (QED) is 0.658. The number of benzene rings is 2. The van der Waals surface area contributed by atoms with Crippen LogP contribution in [-0.2, 0) is 11.4 Å². The van der Waals surface area contributed by atoms with E-state index < -0.39 is 0 Å². The van der Waals surface area contributed by atoms with Gasteiger partial charge >= 0.3 is 0 Å². The Hall–Kier alpha value is -2.66. The van der Waals surface area contributed by atoms with E-state index in [1.807, 2.05) is 31.3 Å². The lowest BCUT2D eigenvalue weighted by molar-refractivity contribution is -0.116. The van der Waals surface area contributed by atoms with E-state index in [9.17, 15) is 9.59 Å². The summed E-state index contributed by atoms with van der Waals surface area (Å²) in [5, 5.41) is 4.18. The van der Waals surface area contributed by atoms with Crippen molar-refractivity contribution in [1.82, 2.24) is 5.06 Å². The predicted molar refractivity (Wildman–Crippen MR) is 84.7 cm³/mol. The molecule has 1 N–H and O–H groups in total. The van der Waals surface area contributed by atoms with Crippen molar-refractivity contribution in [2.45, 2.75) is 6.61 Å². The molecule has 114 valence electrons. The summed E-state index contributed by atoms with van der Waals surface area (Å²) in [5.41, 5.74) is 2.63. The zero-order chi connectivity index (χ0) is 15.9. The second-order valence-corrected chi connectivity index (χ2v) is 4.73. The van der Waals surface area contributed by atoms with Gasteiger partial charge in [-0.05, 0) is 23.8 Å². The van der Waals surface area contributed by atoms with Crippen LogP contribution in [0.5, 0.6) is 0 Å². The van der Waals surface area contributed by atoms with E-state index >= 15 is 0 Å². The van der Waals surface area contributed by atoms with Crippen molar-refractivity contribution >= 4 is 17.9 Å². The Kier molecular flexibility index (Phi) is 5.27. The zero-order valence-corrected chi connectivity index (χ0v) is 12.6. The van der Waals surface area contributed by atoms with E-state index in [0.29, 0.717) is 17.4 Å². The summed E-state index contributed by atoms with van der Waals surface area (Å²) >= 11 is 0. The summed E-state index contributed by atoms with van der Waals surface area (Å²) in [7, 11) is 3.38. The monoisotopic (exact) mass is 298 g/mol. The van der Waals surface area contributed by atoms with E-state index in [1.54, 1.807) is 24.3 Å². The van der Waals surface area contributed by atoms with Gasteiger partial charge in [0.15, 0.2) is 6.29 Å². The molecule has 0 fully saturated rings. The number of carbonyl (C=O) groups is 2. The summed E-state index contributed by atoms with van der Waals surface area (Å²) in [6.07, 6.45) is 0.664. The first-order chi connectivity index (χ1) is 10.7. The minimum Gasteiger partial charge on any atom is -0.388 e. The number of hydrogen-bond donors (Lipinski definition) is 1. The van der Waals surface area contributed by atoms with Crippen LogP contribution in [0.25, 0.3) is 0 Å². The van der Waals surface area contributed by atoms with Gasteiger partial charge in [0.1, 0.15) is 6.61 Å². The predicted octanol–water partition coefficient (Wildman–Crippen LogP) is 2.74. The Bertz CT molecular complexity index is 653. The maximum atomic E-state index is 12.3. The number of hydrogen-bond acceptors (Lipinski definition) is 4. The van der Waals surface area contributed by atoms with Gasteiger partial charge in [-0.1, -0.05) is 30.3 Å². The van der Waals surface area contributed by atoms with E-state index in [1.165, 1.54) is 7.05 Å². The van der Waals surface area contributed by atoms with Crippen molar-refractivity contribution in [2.24, 2.45) is 0 Å². The minimum atomic E-state index is -0.352. The van der Waals surface area contributed by atoms with Crippen LogP contribution in [0.15, 0.2) is 48.5 Å². The molecule has 0 atom stereocenters. The maximum absolute atomic E-state index is 12.3. The zero-order valence-electron chi connectivity index (χ0n) is 12.6. The van der Waals surface area contributed by atoms with Gasteiger partial charge in [0, 0.05) is 25.3 Å². The molecule has 0 saturated carbocycles. The summed E-state index contributed by atoms with van der Waals surface area (Å²) < 4.78 is 0. The number of carbonyl (C=O) groups excluding carboxylic acids is 2. The number of rotatable bonds is 6. The van der Waals surface area contributed by atoms with Crippen molar-refractivity contribution in [3.8, 4) is 0 Å². The lowest BCUT2D eigenvalue weighted by Gasteiger charge is -2.17. The van der Waals surface area contributed by atoms with Gasteiger partial charge in [-0.3, -0.25) is 14.4 Å². The van der Waals surface area contributed by atoms with Crippen molar-refractivity contribution in [3.63, 3.8) is 0 Å². The maximum Gasteiger partial charge on any atom is 0.277 e. The third kappa shape index (κ3) is 3.71. The van der Waals surface area contributed by atoms with Crippen molar-refractivity contribution in [3.05, 3.63) is 65.2 Å². The lowest BCUT2D eigenvalue weighted by Crippen LogP contribution is -2.27. The molecule has 0 radical (unpaired) electrons. The molecule has 0 saturated heterocycles. The fraction of sp³-hybridized carbons (Fsp3) is 0.176. The lowest BCUT2D eigenvalue weighted by atomic mass is 10.1. The van der Waals surface area contributed by atoms with E-state index in [4.69, 9.17) is 4.84 Å². The molecule has 0 bridgehead atoms. The number of amides is 1. The molecular weight excluding hydrogens is 280 g/mol. The molecule has 2 aromatic rings. The Morgan fingerprint density at radius 1 is 1.18 bits per heavy atom. The third-order valence-corrected chi connectivity index (χ3v) is 3.27. The molecule has 5 nitrogen and oxygen atoms in total. The number of anilines is 1. The number of aldehydes is 1. The molecule has 1 amide bonds. The van der Waals surface area contributed by atoms with Gasteiger partial charge < -0.3 is 5.32 Å². The molecule has 22 heavy (non-hydrogen) atoms. The molecule has 2 rings (SSSR count). The molecule has 0 aliphatic rings. The summed E-state index contributed by atoms with van der Waals surface area (Å²) in [6, 6.07) is 14.3. The average Bonchev–Trinajstić information content (AvgIpc) is 2.59. The number of nitrogens with one attached hydrogen (secondary N) is 1. The SMILES string of the molecule is CNc1ccc(CON(C)C(=O)c2ccccc2C=O)cc1. The summed E-state index contributed by atoms with van der Waals surface area (Å²) in [6.45, 7) is 0.273. The first-order valence-corrected chi connectivity index (χ1v) is 6.87. The molecule has 2 aromatic carbocycles. The third-order valence-electron chi connectivity index (χ3n) is 3.27. The first-order valence-electron chi connectivity index (χ1n) is 6.87. The molecule has 0 aromatic heterocycles. The van der Waals surface area contributed by atoms with Crippen LogP contribution in [0.2, 0.25) is 0 Å². The Morgan fingerprint density at radius 2 is 1.86 bits per heavy atom. The van der Waals surface area contributed by atoms with Crippen LogP contribution >= 0.6 is 0 Å². The van der Waals surface area contributed by atoms with Gasteiger partial charge in [-0.15, -0.1) is 0 Å². The molecule has 0 heterocycles. The molecule has 0 spiro atoms. The fourth-order valence-electron chi connectivity index (χ4n) is 1.96. The van der Waals surface area contributed by atoms with Crippen molar-refractivity contribution in [2.75, 3.05) is 19.4 Å². The molecule has 0 unspecified atom stereocenters. The standard InChI is InChI=1S/C17H18N2O3/c1-18-15-9-7-13(8-10-15)12-22-19(2)17(21)16-6-4-3-5-14(16)11-20/h3-11,18H,12H2,1-2H3. The largest absolute Gasteiger partial charge is 0.388 e. The van der Waals surface area contributed by atoms with Gasteiger partial charge in [0.05, 0.1) is 5.56 Å².